The number of carbonyl (C=O) groups excluding carboxylic acids is 1. The van der Waals surface area contributed by atoms with Crippen LogP contribution in [0.3, 0.4) is 0 Å². The monoisotopic (exact) mass is 270 g/mol. The first kappa shape index (κ1) is 12.9. The Morgan fingerprint density at radius 3 is 2.75 bits per heavy atom. The fourth-order valence-corrected chi connectivity index (χ4v) is 2.59. The van der Waals surface area contributed by atoms with Crippen LogP contribution in [0.15, 0.2) is 24.3 Å². The fraction of sp³-hybridized carbons (Fsp3) is 0.333. The molecule has 5 nitrogen and oxygen atoms in total. The molecule has 3 rings (SSSR count). The molecule has 1 unspecified atom stereocenters. The van der Waals surface area contributed by atoms with E-state index in [1.54, 1.807) is 0 Å². The van der Waals surface area contributed by atoms with Crippen LogP contribution in [-0.4, -0.2) is 22.1 Å². The molecule has 0 spiro atoms. The van der Waals surface area contributed by atoms with E-state index < -0.39 is 0 Å². The lowest BCUT2D eigenvalue weighted by atomic mass is 9.95. The largest absolute Gasteiger partial charge is 0.322 e. The zero-order valence-electron chi connectivity index (χ0n) is 11.7. The van der Waals surface area contributed by atoms with Gasteiger partial charge < -0.3 is 10.6 Å². The first-order valence-electron chi connectivity index (χ1n) is 6.77. The Balaban J connectivity index is 1.74. The summed E-state index contributed by atoms with van der Waals surface area (Å²) in [5.41, 5.74) is 4.99. The van der Waals surface area contributed by atoms with Gasteiger partial charge in [-0.25, -0.2) is 0 Å². The number of rotatable bonds is 2. The van der Waals surface area contributed by atoms with Gasteiger partial charge in [0.2, 0.25) is 5.91 Å². The molecule has 0 radical (unpaired) electrons. The van der Waals surface area contributed by atoms with Crippen molar-refractivity contribution in [1.29, 1.82) is 0 Å². The highest BCUT2D eigenvalue weighted by atomic mass is 16.2. The maximum Gasteiger partial charge on any atom is 0.241 e. The summed E-state index contributed by atoms with van der Waals surface area (Å²) in [7, 11) is 0. The summed E-state index contributed by atoms with van der Waals surface area (Å²) >= 11 is 0. The van der Waals surface area contributed by atoms with E-state index >= 15 is 0 Å². The molecule has 0 bridgehead atoms. The molecular formula is C15H18N4O. The van der Waals surface area contributed by atoms with Crippen molar-refractivity contribution in [2.75, 3.05) is 5.32 Å². The molecule has 0 saturated heterocycles. The molecule has 0 saturated carbocycles. The molecule has 1 aromatic heterocycles. The second-order valence-corrected chi connectivity index (χ2v) is 5.20. The summed E-state index contributed by atoms with van der Waals surface area (Å²) < 4.78 is 0. The number of hydrogen-bond donors (Lipinski definition) is 3. The van der Waals surface area contributed by atoms with Gasteiger partial charge in [-0.1, -0.05) is 24.3 Å². The number of fused-ring (bicyclic) bond motifs is 1. The number of anilines is 1. The van der Waals surface area contributed by atoms with E-state index in [0.29, 0.717) is 0 Å². The molecule has 1 aliphatic heterocycles. The average Bonchev–Trinajstić information content (AvgIpc) is 2.78. The first-order valence-corrected chi connectivity index (χ1v) is 6.77. The summed E-state index contributed by atoms with van der Waals surface area (Å²) in [5.74, 6) is -0.00731. The van der Waals surface area contributed by atoms with Gasteiger partial charge in [0.05, 0.1) is 23.1 Å². The molecular weight excluding hydrogens is 252 g/mol. The maximum absolute atomic E-state index is 12.4. The molecule has 1 atom stereocenters. The molecule has 1 aromatic carbocycles. The molecule has 104 valence electrons. The van der Waals surface area contributed by atoms with Crippen molar-refractivity contribution in [2.24, 2.45) is 0 Å². The van der Waals surface area contributed by atoms with Crippen molar-refractivity contribution in [3.05, 3.63) is 46.8 Å². The van der Waals surface area contributed by atoms with Gasteiger partial charge in [-0.3, -0.25) is 9.89 Å². The third kappa shape index (κ3) is 2.32. The van der Waals surface area contributed by atoms with Crippen molar-refractivity contribution in [3.63, 3.8) is 0 Å². The Bertz CT molecular complexity index is 628. The predicted octanol–water partition coefficient (Wildman–Crippen LogP) is 1.68. The molecule has 1 amide bonds. The number of benzene rings is 1. The zero-order chi connectivity index (χ0) is 14.1. The Labute approximate surface area is 117 Å². The summed E-state index contributed by atoms with van der Waals surface area (Å²) in [5, 5.41) is 13.2. The Kier molecular flexibility index (Phi) is 3.28. The molecule has 0 aliphatic carbocycles. The quantitative estimate of drug-likeness (QED) is 0.777. The number of aromatic amines is 1. The lowest BCUT2D eigenvalue weighted by Crippen LogP contribution is -2.44. The van der Waals surface area contributed by atoms with Crippen LogP contribution in [0.25, 0.3) is 0 Å². The van der Waals surface area contributed by atoms with Crippen molar-refractivity contribution >= 4 is 11.6 Å². The Hall–Kier alpha value is -2.14. The van der Waals surface area contributed by atoms with E-state index in [9.17, 15) is 4.79 Å². The minimum atomic E-state index is -0.196. The number of aromatic nitrogens is 2. The molecule has 5 heteroatoms. The maximum atomic E-state index is 12.4. The van der Waals surface area contributed by atoms with Gasteiger partial charge in [0, 0.05) is 6.54 Å². The third-order valence-corrected chi connectivity index (χ3v) is 3.77. The van der Waals surface area contributed by atoms with Gasteiger partial charge in [-0.2, -0.15) is 5.10 Å². The van der Waals surface area contributed by atoms with Crippen molar-refractivity contribution in [1.82, 2.24) is 15.5 Å². The number of amides is 1. The van der Waals surface area contributed by atoms with Crippen LogP contribution in [0.2, 0.25) is 0 Å². The Morgan fingerprint density at radius 2 is 2.05 bits per heavy atom. The van der Waals surface area contributed by atoms with Gasteiger partial charge in [0.1, 0.15) is 0 Å². The van der Waals surface area contributed by atoms with Crippen LogP contribution in [0.4, 0.5) is 5.69 Å². The summed E-state index contributed by atoms with van der Waals surface area (Å²) in [6, 6.07) is 8.03. The molecule has 3 N–H and O–H groups in total. The molecule has 1 aliphatic rings. The van der Waals surface area contributed by atoms with Gasteiger partial charge in [0.25, 0.3) is 0 Å². The van der Waals surface area contributed by atoms with Crippen LogP contribution < -0.4 is 10.6 Å². The van der Waals surface area contributed by atoms with Crippen LogP contribution in [-0.2, 0) is 17.8 Å². The number of carbonyl (C=O) groups is 1. The van der Waals surface area contributed by atoms with E-state index in [4.69, 9.17) is 0 Å². The number of aryl methyl sites for hydroxylation is 2. The minimum absolute atomic E-state index is 0.00731. The van der Waals surface area contributed by atoms with Crippen LogP contribution >= 0.6 is 0 Å². The van der Waals surface area contributed by atoms with Crippen molar-refractivity contribution < 1.29 is 4.79 Å². The number of nitrogens with one attached hydrogen (secondary N) is 3. The third-order valence-electron chi connectivity index (χ3n) is 3.77. The fourth-order valence-electron chi connectivity index (χ4n) is 2.59. The number of nitrogens with zero attached hydrogens (tertiary/aromatic N) is 1. The normalized spacial score (nSPS) is 17.6. The van der Waals surface area contributed by atoms with Crippen molar-refractivity contribution in [2.45, 2.75) is 32.9 Å². The van der Waals surface area contributed by atoms with E-state index in [2.05, 4.69) is 33.0 Å². The van der Waals surface area contributed by atoms with Crippen molar-refractivity contribution in [3.8, 4) is 0 Å². The molecule has 2 heterocycles. The SMILES string of the molecule is Cc1n[nH]c(C)c1NC(=O)C1Cc2ccccc2CN1. The Morgan fingerprint density at radius 1 is 1.30 bits per heavy atom. The van der Waals surface area contributed by atoms with E-state index in [1.807, 2.05) is 26.0 Å². The van der Waals surface area contributed by atoms with Crippen LogP contribution in [0.1, 0.15) is 22.5 Å². The highest BCUT2D eigenvalue weighted by molar-refractivity contribution is 5.96. The highest BCUT2D eigenvalue weighted by Gasteiger charge is 2.24. The number of H-pyrrole nitrogens is 1. The van der Waals surface area contributed by atoms with E-state index in [-0.39, 0.29) is 11.9 Å². The van der Waals surface area contributed by atoms with Gasteiger partial charge >= 0.3 is 0 Å². The summed E-state index contributed by atoms with van der Waals surface area (Å²) in [6.07, 6.45) is 0.720. The van der Waals surface area contributed by atoms with Crippen LogP contribution in [0, 0.1) is 13.8 Å². The lowest BCUT2D eigenvalue weighted by molar-refractivity contribution is -0.118. The second kappa shape index (κ2) is 5.09. The molecule has 2 aromatic rings. The van der Waals surface area contributed by atoms with Crippen LogP contribution in [0.5, 0.6) is 0 Å². The topological polar surface area (TPSA) is 69.8 Å². The summed E-state index contributed by atoms with van der Waals surface area (Å²) in [6.45, 7) is 4.51. The average molecular weight is 270 g/mol. The smallest absolute Gasteiger partial charge is 0.241 e. The number of hydrogen-bond acceptors (Lipinski definition) is 3. The minimum Gasteiger partial charge on any atom is -0.322 e. The predicted molar refractivity (Wildman–Crippen MR) is 77.5 cm³/mol. The van der Waals surface area contributed by atoms with Gasteiger partial charge in [-0.15, -0.1) is 0 Å². The molecule has 0 fully saturated rings. The standard InChI is InChI=1S/C15H18N4O/c1-9-14(10(2)19-18-9)17-15(20)13-7-11-5-3-4-6-12(11)8-16-13/h3-6,13,16H,7-8H2,1-2H3,(H,17,20)(H,18,19). The zero-order valence-corrected chi connectivity index (χ0v) is 11.7. The first-order chi connectivity index (χ1) is 9.65. The lowest BCUT2D eigenvalue weighted by Gasteiger charge is -2.25. The van der Waals surface area contributed by atoms with E-state index in [0.717, 1.165) is 30.0 Å². The summed E-state index contributed by atoms with van der Waals surface area (Å²) in [4.78, 5) is 12.4. The van der Waals surface area contributed by atoms with E-state index in [1.165, 1.54) is 11.1 Å². The van der Waals surface area contributed by atoms with Gasteiger partial charge in [0.15, 0.2) is 0 Å². The highest BCUT2D eigenvalue weighted by Crippen LogP contribution is 2.19. The van der Waals surface area contributed by atoms with Gasteiger partial charge in [-0.05, 0) is 31.4 Å². The second-order valence-electron chi connectivity index (χ2n) is 5.20. The molecule has 20 heavy (non-hydrogen) atoms.